The van der Waals surface area contributed by atoms with Crippen LogP contribution < -0.4 is 0 Å². The molecule has 3 heteroatoms. The van der Waals surface area contributed by atoms with E-state index in [-0.39, 0.29) is 5.78 Å². The van der Waals surface area contributed by atoms with E-state index in [0.29, 0.717) is 13.0 Å². The molecule has 1 unspecified atom stereocenters. The molecule has 0 aliphatic carbocycles. The maximum atomic E-state index is 12.2. The molecule has 0 spiro atoms. The van der Waals surface area contributed by atoms with Crippen LogP contribution in [-0.2, 0) is 0 Å². The number of aryl methyl sites for hydroxylation is 1. The Morgan fingerprint density at radius 1 is 1.42 bits per heavy atom. The number of likely N-dealkylation sites (tertiary alicyclic amines) is 1. The predicted molar refractivity (Wildman–Crippen MR) is 76.4 cm³/mol. The maximum absolute atomic E-state index is 12.2. The molecule has 1 N–H and O–H groups in total. The Morgan fingerprint density at radius 3 is 2.84 bits per heavy atom. The summed E-state index contributed by atoms with van der Waals surface area (Å²) in [6, 6.07) is 7.73. The molecule has 19 heavy (non-hydrogen) atoms. The number of Topliss-reactive ketones (excluding diaryl/α,β-unsaturated/α-hetero) is 1. The van der Waals surface area contributed by atoms with Gasteiger partial charge < -0.3 is 10.0 Å². The summed E-state index contributed by atoms with van der Waals surface area (Å²) in [5.74, 6) is 0.198. The fraction of sp³-hybridized carbons (Fsp3) is 0.562. The number of β-amino-alcohol motifs (C(OH)–C–C–N with tert-alkyl or cyclic N) is 1. The summed E-state index contributed by atoms with van der Waals surface area (Å²) in [6.45, 7) is 6.25. The molecule has 1 aromatic rings. The van der Waals surface area contributed by atoms with E-state index in [1.807, 2.05) is 38.1 Å². The molecule has 3 nitrogen and oxygen atoms in total. The van der Waals surface area contributed by atoms with Crippen LogP contribution in [0.2, 0.25) is 0 Å². The van der Waals surface area contributed by atoms with Crippen molar-refractivity contribution < 1.29 is 9.90 Å². The molecule has 0 saturated carbocycles. The second-order valence-corrected chi connectivity index (χ2v) is 5.86. The molecular weight excluding hydrogens is 238 g/mol. The summed E-state index contributed by atoms with van der Waals surface area (Å²) in [7, 11) is 0. The van der Waals surface area contributed by atoms with Crippen LogP contribution in [-0.4, -0.2) is 41.0 Å². The number of hydrogen-bond acceptors (Lipinski definition) is 3. The molecule has 0 radical (unpaired) electrons. The van der Waals surface area contributed by atoms with Crippen molar-refractivity contribution >= 4 is 5.78 Å². The minimum absolute atomic E-state index is 0.198. The minimum Gasteiger partial charge on any atom is -0.389 e. The van der Waals surface area contributed by atoms with Crippen LogP contribution in [0.1, 0.15) is 42.1 Å². The van der Waals surface area contributed by atoms with Crippen molar-refractivity contribution in [2.24, 2.45) is 0 Å². The highest BCUT2D eigenvalue weighted by atomic mass is 16.3. The molecule has 0 amide bonds. The summed E-state index contributed by atoms with van der Waals surface area (Å²) >= 11 is 0. The van der Waals surface area contributed by atoms with Crippen molar-refractivity contribution in [3.8, 4) is 0 Å². The number of piperidine rings is 1. The molecular formula is C16H23NO2. The van der Waals surface area contributed by atoms with Gasteiger partial charge in [0, 0.05) is 25.1 Å². The van der Waals surface area contributed by atoms with Crippen molar-refractivity contribution in [1.82, 2.24) is 4.90 Å². The fourth-order valence-electron chi connectivity index (χ4n) is 2.79. The van der Waals surface area contributed by atoms with Gasteiger partial charge in [0.15, 0.2) is 5.78 Å². The lowest BCUT2D eigenvalue weighted by molar-refractivity contribution is -0.0153. The lowest BCUT2D eigenvalue weighted by Crippen LogP contribution is -2.46. The molecule has 1 aliphatic rings. The van der Waals surface area contributed by atoms with Gasteiger partial charge in [-0.25, -0.2) is 0 Å². The van der Waals surface area contributed by atoms with E-state index in [4.69, 9.17) is 0 Å². The molecule has 0 bridgehead atoms. The molecule has 1 aromatic carbocycles. The van der Waals surface area contributed by atoms with Crippen molar-refractivity contribution in [2.45, 2.75) is 38.7 Å². The predicted octanol–water partition coefficient (Wildman–Crippen LogP) is 2.41. The van der Waals surface area contributed by atoms with Gasteiger partial charge in [-0.3, -0.25) is 4.79 Å². The zero-order valence-electron chi connectivity index (χ0n) is 11.9. The average molecular weight is 261 g/mol. The third-order valence-electron chi connectivity index (χ3n) is 3.85. The van der Waals surface area contributed by atoms with Gasteiger partial charge in [-0.1, -0.05) is 24.3 Å². The van der Waals surface area contributed by atoms with Gasteiger partial charge in [0.1, 0.15) is 0 Å². The Bertz CT molecular complexity index is 454. The van der Waals surface area contributed by atoms with Crippen molar-refractivity contribution in [1.29, 1.82) is 0 Å². The SMILES string of the molecule is Cc1ccccc1C(=O)CCN1CCCC(C)(O)C1. The Morgan fingerprint density at radius 2 is 2.16 bits per heavy atom. The zero-order chi connectivity index (χ0) is 13.9. The first-order valence-electron chi connectivity index (χ1n) is 7.01. The monoisotopic (exact) mass is 261 g/mol. The first-order chi connectivity index (χ1) is 8.98. The summed E-state index contributed by atoms with van der Waals surface area (Å²) < 4.78 is 0. The van der Waals surface area contributed by atoms with E-state index in [2.05, 4.69) is 4.90 Å². The van der Waals surface area contributed by atoms with Crippen LogP contribution in [0.25, 0.3) is 0 Å². The standard InChI is InChI=1S/C16H23NO2/c1-13-6-3-4-7-14(13)15(18)8-11-17-10-5-9-16(2,19)12-17/h3-4,6-7,19H,5,8-12H2,1-2H3. The van der Waals surface area contributed by atoms with Crippen LogP contribution in [0.3, 0.4) is 0 Å². The summed E-state index contributed by atoms with van der Waals surface area (Å²) in [5.41, 5.74) is 1.27. The van der Waals surface area contributed by atoms with Gasteiger partial charge in [0.25, 0.3) is 0 Å². The topological polar surface area (TPSA) is 40.5 Å². The van der Waals surface area contributed by atoms with E-state index in [1.165, 1.54) is 0 Å². The van der Waals surface area contributed by atoms with Gasteiger partial charge in [-0.15, -0.1) is 0 Å². The van der Waals surface area contributed by atoms with Crippen molar-refractivity contribution in [3.05, 3.63) is 35.4 Å². The summed E-state index contributed by atoms with van der Waals surface area (Å²) in [4.78, 5) is 14.4. The molecule has 104 valence electrons. The van der Waals surface area contributed by atoms with Gasteiger partial charge in [0.05, 0.1) is 5.60 Å². The number of aliphatic hydroxyl groups is 1. The Kier molecular flexibility index (Phi) is 4.38. The van der Waals surface area contributed by atoms with Gasteiger partial charge in [-0.05, 0) is 38.8 Å². The Labute approximate surface area is 115 Å². The molecule has 1 atom stereocenters. The van der Waals surface area contributed by atoms with Gasteiger partial charge >= 0.3 is 0 Å². The summed E-state index contributed by atoms with van der Waals surface area (Å²) in [5, 5.41) is 10.0. The fourth-order valence-corrected chi connectivity index (χ4v) is 2.79. The van der Waals surface area contributed by atoms with Crippen LogP contribution in [0.15, 0.2) is 24.3 Å². The van der Waals surface area contributed by atoms with Crippen LogP contribution >= 0.6 is 0 Å². The van der Waals surface area contributed by atoms with Gasteiger partial charge in [-0.2, -0.15) is 0 Å². The van der Waals surface area contributed by atoms with Crippen LogP contribution in [0, 0.1) is 6.92 Å². The number of carbonyl (C=O) groups excluding carboxylic acids is 1. The number of rotatable bonds is 4. The highest BCUT2D eigenvalue weighted by Crippen LogP contribution is 2.20. The molecule has 2 rings (SSSR count). The first-order valence-corrected chi connectivity index (χ1v) is 7.01. The van der Waals surface area contributed by atoms with Crippen molar-refractivity contribution in [3.63, 3.8) is 0 Å². The van der Waals surface area contributed by atoms with E-state index in [9.17, 15) is 9.90 Å². The quantitative estimate of drug-likeness (QED) is 0.846. The molecule has 1 aliphatic heterocycles. The average Bonchev–Trinajstić information content (AvgIpc) is 2.35. The molecule has 0 aromatic heterocycles. The highest BCUT2D eigenvalue weighted by molar-refractivity contribution is 5.97. The number of nitrogens with zero attached hydrogens (tertiary/aromatic N) is 1. The smallest absolute Gasteiger partial charge is 0.164 e. The normalized spacial score (nSPS) is 24.4. The first kappa shape index (κ1) is 14.2. The second kappa shape index (κ2) is 5.85. The molecule has 1 heterocycles. The van der Waals surface area contributed by atoms with E-state index >= 15 is 0 Å². The third-order valence-corrected chi connectivity index (χ3v) is 3.85. The molecule has 1 saturated heterocycles. The number of hydrogen-bond donors (Lipinski definition) is 1. The van der Waals surface area contributed by atoms with Crippen molar-refractivity contribution in [2.75, 3.05) is 19.6 Å². The number of carbonyl (C=O) groups is 1. The minimum atomic E-state index is -0.593. The van der Waals surface area contributed by atoms with E-state index < -0.39 is 5.60 Å². The van der Waals surface area contributed by atoms with Crippen LogP contribution in [0.5, 0.6) is 0 Å². The van der Waals surface area contributed by atoms with Crippen LogP contribution in [0.4, 0.5) is 0 Å². The highest BCUT2D eigenvalue weighted by Gasteiger charge is 2.28. The van der Waals surface area contributed by atoms with Gasteiger partial charge in [0.2, 0.25) is 0 Å². The number of benzene rings is 1. The van der Waals surface area contributed by atoms with E-state index in [0.717, 1.165) is 37.1 Å². The summed E-state index contributed by atoms with van der Waals surface area (Å²) in [6.07, 6.45) is 2.39. The largest absolute Gasteiger partial charge is 0.389 e. The Balaban J connectivity index is 1.89. The third kappa shape index (κ3) is 3.88. The zero-order valence-corrected chi connectivity index (χ0v) is 11.9. The lowest BCUT2D eigenvalue weighted by atomic mass is 9.94. The van der Waals surface area contributed by atoms with E-state index in [1.54, 1.807) is 0 Å². The second-order valence-electron chi connectivity index (χ2n) is 5.86. The number of ketones is 1. The lowest BCUT2D eigenvalue weighted by Gasteiger charge is -2.36. The molecule has 1 fully saturated rings. The maximum Gasteiger partial charge on any atom is 0.164 e. The Hall–Kier alpha value is -1.19.